The van der Waals surface area contributed by atoms with Crippen molar-refractivity contribution in [3.05, 3.63) is 82.9 Å². The third-order valence-corrected chi connectivity index (χ3v) is 5.64. The number of carbonyl (C=O) groups is 2. The third kappa shape index (κ3) is 2.88. The minimum Gasteiger partial charge on any atom is -0.397 e. The molecule has 0 heterocycles. The summed E-state index contributed by atoms with van der Waals surface area (Å²) in [6.07, 6.45) is 0. The van der Waals surface area contributed by atoms with E-state index in [1.807, 2.05) is 0 Å². The summed E-state index contributed by atoms with van der Waals surface area (Å²) in [5.41, 5.74) is 5.63. The molecule has 3 aromatic carbocycles. The lowest BCUT2D eigenvalue weighted by molar-refractivity contribution is 0.0980. The highest BCUT2D eigenvalue weighted by molar-refractivity contribution is 7.86. The lowest BCUT2D eigenvalue weighted by Gasteiger charge is -2.27. The summed E-state index contributed by atoms with van der Waals surface area (Å²) in [5, 5.41) is 1.08. The van der Waals surface area contributed by atoms with Crippen LogP contribution in [0.25, 0.3) is 0 Å². The Kier molecular flexibility index (Phi) is 4.23. The number of nitrogen functional groups attached to an aromatic ring is 1. The van der Waals surface area contributed by atoms with Crippen molar-refractivity contribution in [1.82, 2.24) is 0 Å². The molecule has 0 saturated carbocycles. The molecular formula is C20H15N3O5S. The summed E-state index contributed by atoms with van der Waals surface area (Å²) >= 11 is 0. The van der Waals surface area contributed by atoms with Crippen LogP contribution in [0, 0.1) is 0 Å². The van der Waals surface area contributed by atoms with E-state index in [1.54, 1.807) is 42.5 Å². The molecule has 1 aliphatic rings. The molecule has 5 N–H and O–H groups in total. The number of anilines is 3. The molecule has 0 aromatic heterocycles. The zero-order chi connectivity index (χ0) is 20.9. The Morgan fingerprint density at radius 2 is 1.34 bits per heavy atom. The average molecular weight is 409 g/mol. The number of hydrogen-bond donors (Lipinski definition) is 3. The topological polar surface area (TPSA) is 144 Å². The van der Waals surface area contributed by atoms with Gasteiger partial charge in [0.1, 0.15) is 4.90 Å². The van der Waals surface area contributed by atoms with E-state index in [0.29, 0.717) is 5.69 Å². The van der Waals surface area contributed by atoms with Crippen molar-refractivity contribution in [3.63, 3.8) is 0 Å². The Hall–Kier alpha value is -3.53. The SMILES string of the molecule is Nc1c(S(=O)(=O)O)cc(N(N)c2ccccc2)c2c1C(=O)c1ccccc1C2=O. The van der Waals surface area contributed by atoms with Crippen molar-refractivity contribution in [1.29, 1.82) is 0 Å². The number of carbonyl (C=O) groups excluding carboxylic acids is 2. The van der Waals surface area contributed by atoms with Crippen LogP contribution in [-0.4, -0.2) is 24.5 Å². The molecule has 0 bridgehead atoms. The molecule has 0 atom stereocenters. The minimum absolute atomic E-state index is 0.0686. The van der Waals surface area contributed by atoms with Gasteiger partial charge in [-0.2, -0.15) is 8.42 Å². The van der Waals surface area contributed by atoms with Crippen LogP contribution >= 0.6 is 0 Å². The zero-order valence-corrected chi connectivity index (χ0v) is 15.7. The normalized spacial score (nSPS) is 13.0. The van der Waals surface area contributed by atoms with Crippen LogP contribution < -0.4 is 16.6 Å². The Labute approximate surface area is 166 Å². The number of nitrogens with zero attached hydrogens (tertiary/aromatic N) is 1. The van der Waals surface area contributed by atoms with Crippen molar-refractivity contribution in [2.45, 2.75) is 4.90 Å². The van der Waals surface area contributed by atoms with Gasteiger partial charge in [-0.25, -0.2) is 5.84 Å². The summed E-state index contributed by atoms with van der Waals surface area (Å²) in [7, 11) is -4.79. The molecule has 0 radical (unpaired) electrons. The summed E-state index contributed by atoms with van der Waals surface area (Å²) in [6, 6.07) is 15.6. The van der Waals surface area contributed by atoms with Gasteiger partial charge in [0.05, 0.1) is 28.2 Å². The smallest absolute Gasteiger partial charge is 0.296 e. The third-order valence-electron chi connectivity index (χ3n) is 4.75. The predicted octanol–water partition coefficient (Wildman–Crippen LogP) is 2.30. The highest BCUT2D eigenvalue weighted by Crippen LogP contribution is 2.41. The summed E-state index contributed by atoms with van der Waals surface area (Å²) in [4.78, 5) is 25.6. The number of hydrogen-bond acceptors (Lipinski definition) is 7. The monoisotopic (exact) mass is 409 g/mol. The van der Waals surface area contributed by atoms with E-state index in [1.165, 1.54) is 12.1 Å². The van der Waals surface area contributed by atoms with Crippen molar-refractivity contribution < 1.29 is 22.6 Å². The molecule has 0 amide bonds. The Morgan fingerprint density at radius 3 is 1.90 bits per heavy atom. The summed E-state index contributed by atoms with van der Waals surface area (Å²) in [6.45, 7) is 0. The maximum atomic E-state index is 13.2. The van der Waals surface area contributed by atoms with Gasteiger partial charge in [-0.05, 0) is 18.2 Å². The first kappa shape index (κ1) is 18.8. The first-order valence-electron chi connectivity index (χ1n) is 8.44. The van der Waals surface area contributed by atoms with Gasteiger partial charge in [0, 0.05) is 11.1 Å². The first-order valence-corrected chi connectivity index (χ1v) is 9.88. The van der Waals surface area contributed by atoms with Gasteiger partial charge < -0.3 is 5.73 Å². The number of nitrogens with two attached hydrogens (primary N) is 2. The van der Waals surface area contributed by atoms with Crippen molar-refractivity contribution in [2.75, 3.05) is 10.7 Å². The fraction of sp³-hybridized carbons (Fsp3) is 0. The van der Waals surface area contributed by atoms with Gasteiger partial charge >= 0.3 is 0 Å². The quantitative estimate of drug-likeness (QED) is 0.202. The zero-order valence-electron chi connectivity index (χ0n) is 14.9. The van der Waals surface area contributed by atoms with Crippen LogP contribution in [0.5, 0.6) is 0 Å². The van der Waals surface area contributed by atoms with Gasteiger partial charge in [0.2, 0.25) is 0 Å². The fourth-order valence-electron chi connectivity index (χ4n) is 3.41. The number of ketones is 2. The largest absolute Gasteiger partial charge is 0.397 e. The number of para-hydroxylation sites is 1. The van der Waals surface area contributed by atoms with Crippen LogP contribution in [0.2, 0.25) is 0 Å². The molecule has 8 nitrogen and oxygen atoms in total. The number of rotatable bonds is 3. The second kappa shape index (κ2) is 6.52. The van der Waals surface area contributed by atoms with Gasteiger partial charge in [0.15, 0.2) is 11.6 Å². The average Bonchev–Trinajstić information content (AvgIpc) is 2.71. The number of fused-ring (bicyclic) bond motifs is 2. The molecule has 3 aromatic rings. The predicted molar refractivity (Wildman–Crippen MR) is 107 cm³/mol. The Bertz CT molecular complexity index is 1290. The molecule has 146 valence electrons. The van der Waals surface area contributed by atoms with Gasteiger partial charge in [0.25, 0.3) is 10.1 Å². The molecule has 0 spiro atoms. The van der Waals surface area contributed by atoms with Crippen LogP contribution in [0.4, 0.5) is 17.1 Å². The molecule has 29 heavy (non-hydrogen) atoms. The van der Waals surface area contributed by atoms with Crippen LogP contribution in [0.3, 0.4) is 0 Å². The highest BCUT2D eigenvalue weighted by Gasteiger charge is 2.37. The Morgan fingerprint density at radius 1 is 0.828 bits per heavy atom. The standard InChI is InChI=1S/C20H15N3O5S/c21-18-15(29(26,27)28)10-14(23(22)11-6-2-1-3-7-11)16-17(18)20(25)13-9-5-4-8-12(13)19(16)24/h1-10H,21-22H2,(H,26,27,28). The van der Waals surface area contributed by atoms with E-state index >= 15 is 0 Å². The second-order valence-electron chi connectivity index (χ2n) is 6.44. The Balaban J connectivity index is 2.10. The van der Waals surface area contributed by atoms with Crippen LogP contribution in [0.1, 0.15) is 31.8 Å². The lowest BCUT2D eigenvalue weighted by Crippen LogP contribution is -2.31. The maximum absolute atomic E-state index is 13.2. The molecule has 9 heteroatoms. The van der Waals surface area contributed by atoms with Crippen molar-refractivity contribution in [3.8, 4) is 0 Å². The van der Waals surface area contributed by atoms with Gasteiger partial charge in [-0.3, -0.25) is 19.2 Å². The fourth-order valence-corrected chi connectivity index (χ4v) is 4.05. The van der Waals surface area contributed by atoms with E-state index in [2.05, 4.69) is 0 Å². The highest BCUT2D eigenvalue weighted by atomic mass is 32.2. The second-order valence-corrected chi connectivity index (χ2v) is 7.83. The molecule has 0 fully saturated rings. The molecular weight excluding hydrogens is 394 g/mol. The van der Waals surface area contributed by atoms with E-state index in [0.717, 1.165) is 11.1 Å². The van der Waals surface area contributed by atoms with E-state index in [-0.39, 0.29) is 27.9 Å². The molecule has 0 aliphatic heterocycles. The van der Waals surface area contributed by atoms with Crippen LogP contribution in [-0.2, 0) is 10.1 Å². The maximum Gasteiger partial charge on any atom is 0.296 e. The molecule has 0 unspecified atom stereocenters. The van der Waals surface area contributed by atoms with Crippen LogP contribution in [0.15, 0.2) is 65.6 Å². The number of hydrazine groups is 1. The van der Waals surface area contributed by atoms with Crippen molar-refractivity contribution in [2.24, 2.45) is 5.84 Å². The lowest BCUT2D eigenvalue weighted by atomic mass is 9.82. The van der Waals surface area contributed by atoms with Crippen molar-refractivity contribution >= 4 is 38.7 Å². The molecule has 1 aliphatic carbocycles. The summed E-state index contributed by atoms with van der Waals surface area (Å²) in [5.74, 6) is 5.04. The van der Waals surface area contributed by atoms with E-state index < -0.39 is 32.3 Å². The van der Waals surface area contributed by atoms with Gasteiger partial charge in [-0.1, -0.05) is 42.5 Å². The molecule has 4 rings (SSSR count). The first-order chi connectivity index (χ1) is 13.7. The molecule has 0 saturated heterocycles. The van der Waals surface area contributed by atoms with E-state index in [9.17, 15) is 22.6 Å². The minimum atomic E-state index is -4.79. The van der Waals surface area contributed by atoms with Gasteiger partial charge in [-0.15, -0.1) is 0 Å². The number of benzene rings is 3. The van der Waals surface area contributed by atoms with E-state index in [4.69, 9.17) is 11.6 Å². The summed E-state index contributed by atoms with van der Waals surface area (Å²) < 4.78 is 33.4.